The van der Waals surface area contributed by atoms with Crippen LogP contribution in [0.15, 0.2) is 67.0 Å². The molecular formula is C28H33N5O. The lowest BCUT2D eigenvalue weighted by Crippen LogP contribution is -2.47. The van der Waals surface area contributed by atoms with Gasteiger partial charge in [0.2, 0.25) is 5.91 Å². The van der Waals surface area contributed by atoms with Crippen molar-refractivity contribution in [1.82, 2.24) is 20.2 Å². The number of aromatic nitrogens is 2. The summed E-state index contributed by atoms with van der Waals surface area (Å²) in [6.07, 6.45) is 6.84. The fourth-order valence-electron chi connectivity index (χ4n) is 4.85. The van der Waals surface area contributed by atoms with E-state index in [4.69, 9.17) is 5.26 Å². The minimum absolute atomic E-state index is 0.00297. The molecule has 1 aliphatic rings. The average Bonchev–Trinajstić information content (AvgIpc) is 3.38. The normalized spacial score (nSPS) is 18.1. The summed E-state index contributed by atoms with van der Waals surface area (Å²) >= 11 is 0. The number of aromatic amines is 1. The van der Waals surface area contributed by atoms with E-state index in [9.17, 15) is 4.79 Å². The molecule has 3 aromatic rings. The number of likely N-dealkylation sites (tertiary alicyclic amines) is 1. The van der Waals surface area contributed by atoms with Gasteiger partial charge in [-0.15, -0.1) is 0 Å². The summed E-state index contributed by atoms with van der Waals surface area (Å²) in [6.45, 7) is 5.07. The molecule has 0 bridgehead atoms. The molecule has 1 fully saturated rings. The second kappa shape index (κ2) is 11.6. The average molecular weight is 456 g/mol. The Morgan fingerprint density at radius 2 is 2.00 bits per heavy atom. The summed E-state index contributed by atoms with van der Waals surface area (Å²) < 4.78 is 0. The number of amides is 1. The second-order valence-electron chi connectivity index (χ2n) is 9.37. The lowest BCUT2D eigenvalue weighted by molar-refractivity contribution is -0.127. The van der Waals surface area contributed by atoms with Crippen LogP contribution in [0.5, 0.6) is 0 Å². The van der Waals surface area contributed by atoms with Gasteiger partial charge in [0.15, 0.2) is 0 Å². The highest BCUT2D eigenvalue weighted by molar-refractivity contribution is 5.79. The third-order valence-corrected chi connectivity index (χ3v) is 6.68. The SMILES string of the molecule is CC(CN1CCCC(C(=O)NC(Cc2ccc(C#N)cc2)Cc2ncc[nH]2)C1)c1ccccc1. The number of nitrogens with zero attached hydrogens (tertiary/aromatic N) is 3. The topological polar surface area (TPSA) is 84.8 Å². The van der Waals surface area contributed by atoms with Crippen molar-refractivity contribution < 1.29 is 4.79 Å². The van der Waals surface area contributed by atoms with E-state index in [1.54, 1.807) is 6.20 Å². The van der Waals surface area contributed by atoms with Gasteiger partial charge in [-0.1, -0.05) is 49.4 Å². The van der Waals surface area contributed by atoms with E-state index in [1.807, 2.05) is 30.5 Å². The van der Waals surface area contributed by atoms with Crippen molar-refractivity contribution in [2.24, 2.45) is 5.92 Å². The van der Waals surface area contributed by atoms with Gasteiger partial charge in [-0.05, 0) is 55.0 Å². The molecule has 2 heterocycles. The Kier molecular flexibility index (Phi) is 8.11. The molecule has 0 spiro atoms. The first-order valence-electron chi connectivity index (χ1n) is 12.2. The van der Waals surface area contributed by atoms with Gasteiger partial charge in [0.05, 0.1) is 17.6 Å². The number of piperidine rings is 1. The maximum absolute atomic E-state index is 13.3. The molecule has 176 valence electrons. The lowest BCUT2D eigenvalue weighted by atomic mass is 9.93. The first-order valence-corrected chi connectivity index (χ1v) is 12.2. The van der Waals surface area contributed by atoms with Crippen molar-refractivity contribution in [2.45, 2.75) is 44.6 Å². The van der Waals surface area contributed by atoms with Gasteiger partial charge in [-0.25, -0.2) is 4.98 Å². The van der Waals surface area contributed by atoms with E-state index in [1.165, 1.54) is 5.56 Å². The van der Waals surface area contributed by atoms with Crippen molar-refractivity contribution in [2.75, 3.05) is 19.6 Å². The molecule has 6 nitrogen and oxygen atoms in total. The Bertz CT molecular complexity index is 1070. The summed E-state index contributed by atoms with van der Waals surface area (Å²) in [6, 6.07) is 20.3. The number of carbonyl (C=O) groups is 1. The van der Waals surface area contributed by atoms with Crippen LogP contribution in [0.25, 0.3) is 0 Å². The smallest absolute Gasteiger partial charge is 0.224 e. The van der Waals surface area contributed by atoms with Crippen LogP contribution in [0.2, 0.25) is 0 Å². The van der Waals surface area contributed by atoms with Gasteiger partial charge in [0, 0.05) is 37.9 Å². The zero-order chi connectivity index (χ0) is 23.8. The van der Waals surface area contributed by atoms with Crippen LogP contribution in [-0.4, -0.2) is 46.5 Å². The fourth-order valence-corrected chi connectivity index (χ4v) is 4.85. The Labute approximate surface area is 202 Å². The zero-order valence-electron chi connectivity index (χ0n) is 19.8. The van der Waals surface area contributed by atoms with E-state index in [0.717, 1.165) is 43.9 Å². The second-order valence-corrected chi connectivity index (χ2v) is 9.37. The molecule has 1 aliphatic heterocycles. The molecule has 4 rings (SSSR count). The zero-order valence-corrected chi connectivity index (χ0v) is 19.8. The largest absolute Gasteiger partial charge is 0.352 e. The van der Waals surface area contributed by atoms with E-state index >= 15 is 0 Å². The number of nitrogens with one attached hydrogen (secondary N) is 2. The van der Waals surface area contributed by atoms with Crippen molar-refractivity contribution in [3.05, 3.63) is 89.5 Å². The quantitative estimate of drug-likeness (QED) is 0.509. The van der Waals surface area contributed by atoms with Crippen molar-refractivity contribution in [1.29, 1.82) is 5.26 Å². The fraction of sp³-hybridized carbons (Fsp3) is 0.393. The number of carbonyl (C=O) groups excluding carboxylic acids is 1. The molecular weight excluding hydrogens is 422 g/mol. The van der Waals surface area contributed by atoms with Crippen molar-refractivity contribution in [3.8, 4) is 6.07 Å². The Balaban J connectivity index is 1.38. The molecule has 1 amide bonds. The first-order chi connectivity index (χ1) is 16.6. The molecule has 3 atom stereocenters. The Morgan fingerprint density at radius 3 is 2.71 bits per heavy atom. The number of nitriles is 1. The summed E-state index contributed by atoms with van der Waals surface area (Å²) in [5, 5.41) is 12.4. The van der Waals surface area contributed by atoms with Crippen LogP contribution in [-0.2, 0) is 17.6 Å². The van der Waals surface area contributed by atoms with Crippen LogP contribution >= 0.6 is 0 Å². The highest BCUT2D eigenvalue weighted by atomic mass is 16.2. The van der Waals surface area contributed by atoms with Gasteiger partial charge >= 0.3 is 0 Å². The Hall–Kier alpha value is -3.43. The molecule has 3 unspecified atom stereocenters. The standard InChI is InChI=1S/C28H33N5O/c1-21(24-6-3-2-4-7-24)19-33-15-5-8-25(20-33)28(34)32-26(17-27-30-13-14-31-27)16-22-9-11-23(18-29)12-10-22/h2-4,6-7,9-14,21,25-26H,5,8,15-17,19-20H2,1H3,(H,30,31)(H,32,34). The van der Waals surface area contributed by atoms with E-state index in [0.29, 0.717) is 24.3 Å². The summed E-state index contributed by atoms with van der Waals surface area (Å²) in [5.41, 5.74) is 3.08. The minimum atomic E-state index is -0.0646. The summed E-state index contributed by atoms with van der Waals surface area (Å²) in [5.74, 6) is 1.42. The van der Waals surface area contributed by atoms with E-state index < -0.39 is 0 Å². The van der Waals surface area contributed by atoms with Gasteiger partial charge in [-0.2, -0.15) is 5.26 Å². The van der Waals surface area contributed by atoms with Crippen molar-refractivity contribution in [3.63, 3.8) is 0 Å². The third-order valence-electron chi connectivity index (χ3n) is 6.68. The number of hydrogen-bond acceptors (Lipinski definition) is 4. The van der Waals surface area contributed by atoms with Crippen LogP contribution in [0.3, 0.4) is 0 Å². The Morgan fingerprint density at radius 1 is 1.21 bits per heavy atom. The third kappa shape index (κ3) is 6.55. The van der Waals surface area contributed by atoms with Crippen LogP contribution in [0, 0.1) is 17.2 Å². The molecule has 0 radical (unpaired) electrons. The van der Waals surface area contributed by atoms with Gasteiger partial charge in [0.1, 0.15) is 5.82 Å². The molecule has 34 heavy (non-hydrogen) atoms. The maximum Gasteiger partial charge on any atom is 0.224 e. The highest BCUT2D eigenvalue weighted by Crippen LogP contribution is 2.22. The van der Waals surface area contributed by atoms with Crippen LogP contribution in [0.1, 0.15) is 48.2 Å². The number of hydrogen-bond donors (Lipinski definition) is 2. The first kappa shape index (κ1) is 23.7. The van der Waals surface area contributed by atoms with Gasteiger partial charge < -0.3 is 15.2 Å². The monoisotopic (exact) mass is 455 g/mol. The predicted molar refractivity (Wildman–Crippen MR) is 133 cm³/mol. The molecule has 1 aromatic heterocycles. The van der Waals surface area contributed by atoms with E-state index in [2.05, 4.69) is 63.5 Å². The molecule has 0 saturated carbocycles. The molecule has 2 aromatic carbocycles. The van der Waals surface area contributed by atoms with Crippen LogP contribution in [0.4, 0.5) is 0 Å². The maximum atomic E-state index is 13.3. The van der Waals surface area contributed by atoms with Gasteiger partial charge in [-0.3, -0.25) is 4.79 Å². The predicted octanol–water partition coefficient (Wildman–Crippen LogP) is 4.07. The number of benzene rings is 2. The van der Waals surface area contributed by atoms with Crippen LogP contribution < -0.4 is 5.32 Å². The van der Waals surface area contributed by atoms with Gasteiger partial charge in [0.25, 0.3) is 0 Å². The minimum Gasteiger partial charge on any atom is -0.352 e. The van der Waals surface area contributed by atoms with E-state index in [-0.39, 0.29) is 17.9 Å². The van der Waals surface area contributed by atoms with Crippen molar-refractivity contribution >= 4 is 5.91 Å². The number of rotatable bonds is 9. The number of imidazole rings is 1. The summed E-state index contributed by atoms with van der Waals surface area (Å²) in [7, 11) is 0. The molecule has 1 saturated heterocycles. The highest BCUT2D eigenvalue weighted by Gasteiger charge is 2.28. The lowest BCUT2D eigenvalue weighted by Gasteiger charge is -2.34. The molecule has 0 aliphatic carbocycles. The number of H-pyrrole nitrogens is 1. The molecule has 2 N–H and O–H groups in total. The molecule has 6 heteroatoms. The summed E-state index contributed by atoms with van der Waals surface area (Å²) in [4.78, 5) is 23.3.